The lowest BCUT2D eigenvalue weighted by atomic mass is 10.2. The van der Waals surface area contributed by atoms with Gasteiger partial charge in [-0.2, -0.15) is 0 Å². The van der Waals surface area contributed by atoms with E-state index in [0.29, 0.717) is 40.5 Å². The molecule has 2 heterocycles. The van der Waals surface area contributed by atoms with Gasteiger partial charge in [-0.1, -0.05) is 29.8 Å². The second-order valence-electron chi connectivity index (χ2n) is 8.08. The van der Waals surface area contributed by atoms with Crippen LogP contribution in [0.2, 0.25) is 5.02 Å². The third-order valence-corrected chi connectivity index (χ3v) is 7.26. The molecule has 3 aromatic carbocycles. The van der Waals surface area contributed by atoms with E-state index in [4.69, 9.17) is 20.4 Å². The zero-order valence-electron chi connectivity index (χ0n) is 18.9. The van der Waals surface area contributed by atoms with E-state index in [1.54, 1.807) is 18.2 Å². The van der Waals surface area contributed by atoms with E-state index < -0.39 is 16.0 Å². The molecule has 0 saturated heterocycles. The van der Waals surface area contributed by atoms with Gasteiger partial charge in [0, 0.05) is 16.6 Å². The predicted molar refractivity (Wildman–Crippen MR) is 135 cm³/mol. The van der Waals surface area contributed by atoms with Crippen LogP contribution in [0.3, 0.4) is 0 Å². The van der Waals surface area contributed by atoms with Crippen LogP contribution in [0.15, 0.2) is 86.5 Å². The topological polar surface area (TPSA) is 123 Å². The highest BCUT2D eigenvalue weighted by molar-refractivity contribution is 7.92. The highest BCUT2D eigenvalue weighted by Gasteiger charge is 2.19. The van der Waals surface area contributed by atoms with Crippen molar-refractivity contribution in [3.8, 4) is 11.5 Å². The second-order valence-corrected chi connectivity index (χ2v) is 10.2. The Bertz CT molecular complexity index is 1710. The van der Waals surface area contributed by atoms with Gasteiger partial charge in [-0.3, -0.25) is 4.72 Å². The highest BCUT2D eigenvalue weighted by atomic mass is 35.5. The summed E-state index contributed by atoms with van der Waals surface area (Å²) in [6.07, 6.45) is 0.403. The van der Waals surface area contributed by atoms with Crippen LogP contribution < -0.4 is 4.72 Å². The number of carbonyl (C=O) groups is 1. The minimum Gasteiger partial charge on any atom is -0.478 e. The van der Waals surface area contributed by atoms with Crippen molar-refractivity contribution < 1.29 is 27.2 Å². The molecule has 0 spiro atoms. The summed E-state index contributed by atoms with van der Waals surface area (Å²) in [6, 6.07) is 19.8. The van der Waals surface area contributed by atoms with Gasteiger partial charge in [0.2, 0.25) is 5.89 Å². The average Bonchev–Trinajstić information content (AvgIpc) is 3.41. The molecule has 0 atom stereocenters. The Morgan fingerprint density at radius 2 is 1.81 bits per heavy atom. The molecule has 5 rings (SSSR count). The second kappa shape index (κ2) is 9.18. The average molecular weight is 523 g/mol. The number of sulfonamides is 1. The summed E-state index contributed by atoms with van der Waals surface area (Å²) in [5.74, 6) is 0.545. The fraction of sp³-hybridized carbons (Fsp3) is 0.0769. The molecule has 0 aliphatic rings. The molecule has 0 fully saturated rings. The number of hydrogen-bond acceptors (Lipinski definition) is 6. The Kier molecular flexibility index (Phi) is 6.03. The van der Waals surface area contributed by atoms with Gasteiger partial charge in [-0.15, -0.1) is 0 Å². The molecule has 182 valence electrons. The summed E-state index contributed by atoms with van der Waals surface area (Å²) in [5.41, 5.74) is 2.20. The molecular weight excluding hydrogens is 504 g/mol. The summed E-state index contributed by atoms with van der Waals surface area (Å²) < 4.78 is 39.9. The first-order chi connectivity index (χ1) is 17.2. The molecule has 0 aliphatic heterocycles. The van der Waals surface area contributed by atoms with Gasteiger partial charge in [0.25, 0.3) is 10.0 Å². The number of fused-ring (bicyclic) bond motifs is 1. The maximum Gasteiger partial charge on any atom is 0.337 e. The number of aromatic nitrogens is 1. The molecule has 5 aromatic rings. The summed E-state index contributed by atoms with van der Waals surface area (Å²) >= 11 is 5.85. The van der Waals surface area contributed by atoms with Gasteiger partial charge >= 0.3 is 5.97 Å². The number of aryl methyl sites for hydroxylation is 1. The summed E-state index contributed by atoms with van der Waals surface area (Å²) in [7, 11) is -4.05. The van der Waals surface area contributed by atoms with Crippen molar-refractivity contribution in [2.75, 3.05) is 4.72 Å². The van der Waals surface area contributed by atoms with Gasteiger partial charge in [-0.05, 0) is 61.5 Å². The van der Waals surface area contributed by atoms with E-state index in [-0.39, 0.29) is 15.5 Å². The van der Waals surface area contributed by atoms with E-state index in [2.05, 4.69) is 9.71 Å². The number of nitrogens with one attached hydrogen (secondary N) is 1. The molecule has 0 radical (unpaired) electrons. The van der Waals surface area contributed by atoms with Crippen molar-refractivity contribution in [3.05, 3.63) is 101 Å². The molecule has 0 amide bonds. The first kappa shape index (κ1) is 23.7. The third kappa shape index (κ3) is 4.71. The van der Waals surface area contributed by atoms with E-state index >= 15 is 0 Å². The largest absolute Gasteiger partial charge is 0.478 e. The number of carboxylic acids is 1. The Morgan fingerprint density at radius 1 is 1.03 bits per heavy atom. The number of aromatic carboxylic acids is 1. The van der Waals surface area contributed by atoms with Crippen molar-refractivity contribution in [1.29, 1.82) is 0 Å². The zero-order valence-corrected chi connectivity index (χ0v) is 20.4. The Balaban J connectivity index is 1.38. The van der Waals surface area contributed by atoms with E-state index in [9.17, 15) is 18.3 Å². The van der Waals surface area contributed by atoms with E-state index in [1.807, 2.05) is 43.3 Å². The van der Waals surface area contributed by atoms with Crippen molar-refractivity contribution >= 4 is 44.3 Å². The first-order valence-electron chi connectivity index (χ1n) is 10.8. The Hall–Kier alpha value is -4.08. The minimum absolute atomic E-state index is 0.0490. The van der Waals surface area contributed by atoms with Gasteiger partial charge in [0.05, 0.1) is 27.6 Å². The number of nitrogens with zero attached hydrogens (tertiary/aromatic N) is 1. The van der Waals surface area contributed by atoms with Crippen LogP contribution in [0.1, 0.15) is 27.6 Å². The fourth-order valence-electron chi connectivity index (χ4n) is 3.76. The standard InChI is InChI=1S/C26H19ClN2O6S/c1-15-23(28-25(34-15)16-5-3-2-4-6-16)13-19-12-17-11-18(7-10-24(17)35-19)29-36(32,33)20-8-9-22(27)21(14-20)26(30)31/h2-12,14,29H,13H2,1H3,(H,30,31). The van der Waals surface area contributed by atoms with Crippen LogP contribution in [-0.4, -0.2) is 24.5 Å². The highest BCUT2D eigenvalue weighted by Crippen LogP contribution is 2.29. The van der Waals surface area contributed by atoms with Crippen LogP contribution >= 0.6 is 11.6 Å². The third-order valence-electron chi connectivity index (χ3n) is 5.55. The minimum atomic E-state index is -4.05. The van der Waals surface area contributed by atoms with Crippen LogP contribution in [-0.2, 0) is 16.4 Å². The summed E-state index contributed by atoms with van der Waals surface area (Å²) in [5, 5.41) is 9.87. The normalized spacial score (nSPS) is 11.6. The predicted octanol–water partition coefficient (Wildman–Crippen LogP) is 6.14. The maximum atomic E-state index is 12.8. The van der Waals surface area contributed by atoms with Crippen molar-refractivity contribution in [1.82, 2.24) is 4.98 Å². The number of anilines is 1. The van der Waals surface area contributed by atoms with Gasteiger partial charge < -0.3 is 13.9 Å². The number of furan rings is 1. The molecular formula is C26H19ClN2O6S. The number of hydrogen-bond donors (Lipinski definition) is 2. The number of carboxylic acid groups (broad SMARTS) is 1. The summed E-state index contributed by atoms with van der Waals surface area (Å²) in [6.45, 7) is 1.84. The number of halogens is 1. The molecule has 0 bridgehead atoms. The molecule has 0 unspecified atom stereocenters. The van der Waals surface area contributed by atoms with Crippen molar-refractivity contribution in [3.63, 3.8) is 0 Å². The fourth-order valence-corrected chi connectivity index (χ4v) is 5.03. The molecule has 8 nitrogen and oxygen atoms in total. The molecule has 0 aliphatic carbocycles. The molecule has 2 N–H and O–H groups in total. The lowest BCUT2D eigenvalue weighted by Gasteiger charge is -2.09. The van der Waals surface area contributed by atoms with Crippen LogP contribution in [0.5, 0.6) is 0 Å². The number of rotatable bonds is 7. The maximum absolute atomic E-state index is 12.8. The monoisotopic (exact) mass is 522 g/mol. The smallest absolute Gasteiger partial charge is 0.337 e. The molecule has 36 heavy (non-hydrogen) atoms. The van der Waals surface area contributed by atoms with Crippen molar-refractivity contribution in [2.45, 2.75) is 18.2 Å². The van der Waals surface area contributed by atoms with Gasteiger partial charge in [-0.25, -0.2) is 18.2 Å². The number of benzene rings is 3. The zero-order chi connectivity index (χ0) is 25.4. The van der Waals surface area contributed by atoms with Crippen molar-refractivity contribution in [2.24, 2.45) is 0 Å². The van der Waals surface area contributed by atoms with Gasteiger partial charge in [0.15, 0.2) is 0 Å². The Morgan fingerprint density at radius 3 is 2.56 bits per heavy atom. The lowest BCUT2D eigenvalue weighted by Crippen LogP contribution is -2.13. The van der Waals surface area contributed by atoms with Crippen LogP contribution in [0.25, 0.3) is 22.4 Å². The quantitative estimate of drug-likeness (QED) is 0.263. The Labute approximate surface area is 211 Å². The van der Waals surface area contributed by atoms with E-state index in [0.717, 1.165) is 17.3 Å². The molecule has 2 aromatic heterocycles. The number of oxazole rings is 1. The lowest BCUT2D eigenvalue weighted by molar-refractivity contribution is 0.0697. The SMILES string of the molecule is Cc1oc(-c2ccccc2)nc1Cc1cc2cc(NS(=O)(=O)c3ccc(Cl)c(C(=O)O)c3)ccc2o1. The van der Waals surface area contributed by atoms with Gasteiger partial charge in [0.1, 0.15) is 17.1 Å². The van der Waals surface area contributed by atoms with Crippen LogP contribution in [0.4, 0.5) is 5.69 Å². The van der Waals surface area contributed by atoms with Crippen LogP contribution in [0, 0.1) is 6.92 Å². The van der Waals surface area contributed by atoms with E-state index in [1.165, 1.54) is 12.1 Å². The first-order valence-corrected chi connectivity index (χ1v) is 12.7. The molecule has 0 saturated carbocycles. The summed E-state index contributed by atoms with van der Waals surface area (Å²) in [4.78, 5) is 15.7. The molecule has 10 heteroatoms.